The molecule has 0 aliphatic rings. The molecule has 24 heavy (non-hydrogen) atoms. The highest BCUT2D eigenvalue weighted by molar-refractivity contribution is 7.98. The van der Waals surface area contributed by atoms with E-state index in [4.69, 9.17) is 0 Å². The van der Waals surface area contributed by atoms with E-state index in [2.05, 4.69) is 21.5 Å². The molecule has 1 heterocycles. The topological polar surface area (TPSA) is 57.8 Å². The molecule has 3 aromatic rings. The number of aromatic amines is 1. The molecule has 2 aromatic carbocycles. The Kier molecular flexibility index (Phi) is 5.54. The first kappa shape index (κ1) is 16.6. The lowest BCUT2D eigenvalue weighted by molar-refractivity contribution is -0.121. The molecule has 0 saturated heterocycles. The summed E-state index contributed by atoms with van der Waals surface area (Å²) in [5, 5.41) is 3.13. The van der Waals surface area contributed by atoms with E-state index in [0.29, 0.717) is 6.42 Å². The normalized spacial score (nSPS) is 12.2. The third-order valence-corrected chi connectivity index (χ3v) is 4.54. The SMILES string of the molecule is CSCCC(NC(=O)Cc1ccccc1)c1nc2ccccc2[nH]1. The number of aromatic nitrogens is 2. The van der Waals surface area contributed by atoms with Crippen LogP contribution in [0.15, 0.2) is 54.6 Å². The Morgan fingerprint density at radius 2 is 1.92 bits per heavy atom. The molecular formula is C19H21N3OS. The Balaban J connectivity index is 1.74. The number of H-pyrrole nitrogens is 1. The molecule has 1 atom stereocenters. The maximum absolute atomic E-state index is 12.4. The number of para-hydroxylation sites is 2. The monoisotopic (exact) mass is 339 g/mol. The summed E-state index contributed by atoms with van der Waals surface area (Å²) in [6.45, 7) is 0. The second kappa shape index (κ2) is 8.02. The molecule has 0 aliphatic carbocycles. The minimum Gasteiger partial charge on any atom is -0.346 e. The molecule has 3 rings (SSSR count). The molecule has 0 aliphatic heterocycles. The molecular weight excluding hydrogens is 318 g/mol. The highest BCUT2D eigenvalue weighted by Gasteiger charge is 2.18. The van der Waals surface area contributed by atoms with Crippen molar-refractivity contribution in [3.8, 4) is 0 Å². The van der Waals surface area contributed by atoms with E-state index in [9.17, 15) is 4.79 Å². The van der Waals surface area contributed by atoms with Crippen LogP contribution in [0.5, 0.6) is 0 Å². The van der Waals surface area contributed by atoms with E-state index in [0.717, 1.165) is 34.6 Å². The fourth-order valence-corrected chi connectivity index (χ4v) is 3.15. The van der Waals surface area contributed by atoms with Crippen molar-refractivity contribution in [3.63, 3.8) is 0 Å². The summed E-state index contributed by atoms with van der Waals surface area (Å²) < 4.78 is 0. The zero-order valence-corrected chi connectivity index (χ0v) is 14.5. The summed E-state index contributed by atoms with van der Waals surface area (Å²) in [5.41, 5.74) is 2.95. The molecule has 0 bridgehead atoms. The van der Waals surface area contributed by atoms with E-state index >= 15 is 0 Å². The van der Waals surface area contributed by atoms with Crippen LogP contribution in [0.25, 0.3) is 11.0 Å². The molecule has 124 valence electrons. The Bertz CT molecular complexity index is 767. The lowest BCUT2D eigenvalue weighted by Crippen LogP contribution is -2.31. The third kappa shape index (κ3) is 4.17. The predicted molar refractivity (Wildman–Crippen MR) is 100 cm³/mol. The van der Waals surface area contributed by atoms with Crippen LogP contribution in [0.2, 0.25) is 0 Å². The van der Waals surface area contributed by atoms with Gasteiger partial charge in [-0.2, -0.15) is 11.8 Å². The fourth-order valence-electron chi connectivity index (χ4n) is 2.68. The second-order valence-electron chi connectivity index (χ2n) is 5.70. The third-order valence-electron chi connectivity index (χ3n) is 3.89. The Morgan fingerprint density at radius 1 is 1.17 bits per heavy atom. The number of fused-ring (bicyclic) bond motifs is 1. The van der Waals surface area contributed by atoms with E-state index in [1.54, 1.807) is 11.8 Å². The van der Waals surface area contributed by atoms with Crippen molar-refractivity contribution < 1.29 is 4.79 Å². The number of nitrogens with one attached hydrogen (secondary N) is 2. The van der Waals surface area contributed by atoms with E-state index < -0.39 is 0 Å². The molecule has 1 unspecified atom stereocenters. The Hall–Kier alpha value is -2.27. The number of amides is 1. The summed E-state index contributed by atoms with van der Waals surface area (Å²) in [6.07, 6.45) is 3.31. The highest BCUT2D eigenvalue weighted by atomic mass is 32.2. The van der Waals surface area contributed by atoms with E-state index in [-0.39, 0.29) is 11.9 Å². The summed E-state index contributed by atoms with van der Waals surface area (Å²) in [4.78, 5) is 20.4. The number of thioether (sulfide) groups is 1. The van der Waals surface area contributed by atoms with Crippen molar-refractivity contribution >= 4 is 28.7 Å². The smallest absolute Gasteiger partial charge is 0.225 e. The van der Waals surface area contributed by atoms with Gasteiger partial charge < -0.3 is 10.3 Å². The van der Waals surface area contributed by atoms with Crippen molar-refractivity contribution in [1.82, 2.24) is 15.3 Å². The van der Waals surface area contributed by atoms with Gasteiger partial charge in [0.2, 0.25) is 5.91 Å². The van der Waals surface area contributed by atoms with Crippen molar-refractivity contribution in [2.24, 2.45) is 0 Å². The largest absolute Gasteiger partial charge is 0.346 e. The zero-order chi connectivity index (χ0) is 16.8. The first-order valence-corrected chi connectivity index (χ1v) is 9.42. The van der Waals surface area contributed by atoms with Crippen LogP contribution in [0.3, 0.4) is 0 Å². The van der Waals surface area contributed by atoms with Gasteiger partial charge in [-0.15, -0.1) is 0 Å². The number of carbonyl (C=O) groups is 1. The van der Waals surface area contributed by atoms with Crippen LogP contribution in [0.1, 0.15) is 23.9 Å². The van der Waals surface area contributed by atoms with Crippen molar-refractivity contribution in [2.75, 3.05) is 12.0 Å². The summed E-state index contributed by atoms with van der Waals surface area (Å²) in [6, 6.07) is 17.6. The minimum atomic E-state index is -0.0962. The predicted octanol–water partition coefficient (Wildman–Crippen LogP) is 3.72. The fraction of sp³-hybridized carbons (Fsp3) is 0.263. The number of benzene rings is 2. The average molecular weight is 339 g/mol. The second-order valence-corrected chi connectivity index (χ2v) is 6.69. The standard InChI is InChI=1S/C19H21N3OS/c1-24-12-11-17(19-21-15-9-5-6-10-16(15)22-19)20-18(23)13-14-7-3-2-4-8-14/h2-10,17H,11-13H2,1H3,(H,20,23)(H,21,22). The molecule has 4 nitrogen and oxygen atoms in total. The number of hydrogen-bond donors (Lipinski definition) is 2. The van der Waals surface area contributed by atoms with Crippen LogP contribution < -0.4 is 5.32 Å². The maximum atomic E-state index is 12.4. The van der Waals surface area contributed by atoms with Gasteiger partial charge in [0.15, 0.2) is 0 Å². The molecule has 0 spiro atoms. The highest BCUT2D eigenvalue weighted by Crippen LogP contribution is 2.20. The van der Waals surface area contributed by atoms with E-state index in [1.165, 1.54) is 0 Å². The Morgan fingerprint density at radius 3 is 2.67 bits per heavy atom. The van der Waals surface area contributed by atoms with Gasteiger partial charge in [-0.05, 0) is 36.1 Å². The van der Waals surface area contributed by atoms with Gasteiger partial charge in [0.05, 0.1) is 23.5 Å². The first-order valence-electron chi connectivity index (χ1n) is 8.03. The summed E-state index contributed by atoms with van der Waals surface area (Å²) in [7, 11) is 0. The van der Waals surface area contributed by atoms with Crippen LogP contribution in [-0.4, -0.2) is 27.9 Å². The van der Waals surface area contributed by atoms with Crippen molar-refractivity contribution in [3.05, 3.63) is 66.0 Å². The quantitative estimate of drug-likeness (QED) is 0.690. The lowest BCUT2D eigenvalue weighted by Gasteiger charge is -2.16. The van der Waals surface area contributed by atoms with Crippen LogP contribution in [0.4, 0.5) is 0 Å². The van der Waals surface area contributed by atoms with Crippen LogP contribution in [0, 0.1) is 0 Å². The number of carbonyl (C=O) groups excluding carboxylic acids is 1. The summed E-state index contributed by atoms with van der Waals surface area (Å²) in [5.74, 6) is 1.81. The molecule has 0 saturated carbocycles. The van der Waals surface area contributed by atoms with Crippen LogP contribution >= 0.6 is 11.8 Å². The molecule has 0 fully saturated rings. The average Bonchev–Trinajstić information content (AvgIpc) is 3.03. The molecule has 1 aromatic heterocycles. The molecule has 2 N–H and O–H groups in total. The minimum absolute atomic E-state index is 0.0211. The summed E-state index contributed by atoms with van der Waals surface area (Å²) >= 11 is 1.77. The Labute approximate surface area is 146 Å². The van der Waals surface area contributed by atoms with Gasteiger partial charge >= 0.3 is 0 Å². The number of nitrogens with zero attached hydrogens (tertiary/aromatic N) is 1. The van der Waals surface area contributed by atoms with E-state index in [1.807, 2.05) is 54.6 Å². The maximum Gasteiger partial charge on any atom is 0.225 e. The van der Waals surface area contributed by atoms with Crippen molar-refractivity contribution in [1.29, 1.82) is 0 Å². The zero-order valence-electron chi connectivity index (χ0n) is 13.7. The van der Waals surface area contributed by atoms with Gasteiger partial charge in [0, 0.05) is 0 Å². The van der Waals surface area contributed by atoms with Gasteiger partial charge in [-0.25, -0.2) is 4.98 Å². The number of hydrogen-bond acceptors (Lipinski definition) is 3. The number of imidazole rings is 1. The lowest BCUT2D eigenvalue weighted by atomic mass is 10.1. The molecule has 1 amide bonds. The van der Waals surface area contributed by atoms with Gasteiger partial charge in [0.1, 0.15) is 5.82 Å². The van der Waals surface area contributed by atoms with Gasteiger partial charge in [0.25, 0.3) is 0 Å². The molecule has 0 radical (unpaired) electrons. The molecule has 5 heteroatoms. The first-order chi connectivity index (χ1) is 11.8. The van der Waals surface area contributed by atoms with Gasteiger partial charge in [-0.3, -0.25) is 4.79 Å². The van der Waals surface area contributed by atoms with Crippen LogP contribution in [-0.2, 0) is 11.2 Å². The van der Waals surface area contributed by atoms with Crippen molar-refractivity contribution in [2.45, 2.75) is 18.9 Å². The number of rotatable bonds is 7. The van der Waals surface area contributed by atoms with Gasteiger partial charge in [-0.1, -0.05) is 42.5 Å².